The summed E-state index contributed by atoms with van der Waals surface area (Å²) in [6.07, 6.45) is 8.94. The number of hydrogen-bond donors (Lipinski definition) is 0. The van der Waals surface area contributed by atoms with E-state index in [2.05, 4.69) is 51.5 Å². The average molecular weight is 539 g/mol. The van der Waals surface area contributed by atoms with Crippen LogP contribution in [0.4, 0.5) is 0 Å². The Morgan fingerprint density at radius 3 is 1.90 bits per heavy atom. The quantitative estimate of drug-likeness (QED) is 0.166. The molecule has 0 atom stereocenters. The largest absolute Gasteiger partial charge is 0.494 e. The van der Waals surface area contributed by atoms with E-state index in [1.54, 1.807) is 17.1 Å². The van der Waals surface area contributed by atoms with Crippen LogP contribution in [0.3, 0.4) is 0 Å². The first-order valence-electron chi connectivity index (χ1n) is 13.9. The van der Waals surface area contributed by atoms with Crippen LogP contribution < -0.4 is 4.74 Å². The molecule has 0 unspecified atom stereocenters. The number of pyridine rings is 3. The molecule has 0 saturated carbocycles. The lowest BCUT2D eigenvalue weighted by atomic mass is 10.0. The first-order valence-corrected chi connectivity index (χ1v) is 13.9. The van der Waals surface area contributed by atoms with Gasteiger partial charge in [0.25, 0.3) is 0 Å². The maximum Gasteiger partial charge on any atom is 0.119 e. The maximum absolute atomic E-state index is 5.83. The zero-order valence-electron chi connectivity index (χ0n) is 22.9. The average Bonchev–Trinajstić information content (AvgIpc) is 3.55. The van der Waals surface area contributed by atoms with Gasteiger partial charge in [-0.1, -0.05) is 49.2 Å². The fourth-order valence-corrected chi connectivity index (χ4v) is 4.58. The van der Waals surface area contributed by atoms with Crippen molar-refractivity contribution in [2.24, 2.45) is 0 Å². The standard InChI is InChI=1S/C34H30N6O/c1-2-3-8-21-41-29-17-13-26(14-18-29)34-24-40(39-38-34)28-15-11-25(12-16-28)27-22-32(30-9-4-6-19-35-30)37-33(23-27)31-10-5-7-20-36-31/h4-7,9-20,22-24H,2-3,8,21H2,1H3. The first kappa shape index (κ1) is 26.1. The Morgan fingerprint density at radius 2 is 1.29 bits per heavy atom. The fraction of sp³-hybridized carbons (Fsp3) is 0.147. The highest BCUT2D eigenvalue weighted by atomic mass is 16.5. The van der Waals surface area contributed by atoms with Gasteiger partial charge in [-0.3, -0.25) is 9.97 Å². The van der Waals surface area contributed by atoms with Crippen LogP contribution in [0.1, 0.15) is 26.2 Å². The lowest BCUT2D eigenvalue weighted by molar-refractivity contribution is 0.306. The molecule has 0 spiro atoms. The molecule has 4 aromatic heterocycles. The van der Waals surface area contributed by atoms with Crippen molar-refractivity contribution in [1.29, 1.82) is 0 Å². The molecule has 0 bridgehead atoms. The zero-order chi connectivity index (χ0) is 27.9. The van der Waals surface area contributed by atoms with Gasteiger partial charge in [0, 0.05) is 18.0 Å². The summed E-state index contributed by atoms with van der Waals surface area (Å²) < 4.78 is 7.63. The molecule has 4 heterocycles. The van der Waals surface area contributed by atoms with Crippen molar-refractivity contribution < 1.29 is 4.74 Å². The van der Waals surface area contributed by atoms with Gasteiger partial charge < -0.3 is 4.74 Å². The van der Waals surface area contributed by atoms with E-state index in [0.29, 0.717) is 0 Å². The van der Waals surface area contributed by atoms with Crippen molar-refractivity contribution in [3.8, 4) is 56.6 Å². The van der Waals surface area contributed by atoms with Crippen LogP contribution >= 0.6 is 0 Å². The van der Waals surface area contributed by atoms with E-state index in [0.717, 1.165) is 69.6 Å². The molecule has 41 heavy (non-hydrogen) atoms. The molecule has 0 aliphatic carbocycles. The Morgan fingerprint density at radius 1 is 0.634 bits per heavy atom. The van der Waals surface area contributed by atoms with Crippen molar-refractivity contribution >= 4 is 0 Å². The van der Waals surface area contributed by atoms with Crippen LogP contribution in [0, 0.1) is 0 Å². The molecule has 6 aromatic rings. The molecular formula is C34H30N6O. The normalized spacial score (nSPS) is 11.0. The number of benzene rings is 2. The van der Waals surface area contributed by atoms with Gasteiger partial charge in [-0.15, -0.1) is 5.10 Å². The zero-order valence-corrected chi connectivity index (χ0v) is 22.9. The van der Waals surface area contributed by atoms with Crippen LogP contribution in [0.15, 0.2) is 116 Å². The summed E-state index contributed by atoms with van der Waals surface area (Å²) in [4.78, 5) is 13.9. The maximum atomic E-state index is 5.83. The van der Waals surface area contributed by atoms with Gasteiger partial charge in [0.1, 0.15) is 11.4 Å². The summed E-state index contributed by atoms with van der Waals surface area (Å²) in [5, 5.41) is 8.77. The lowest BCUT2D eigenvalue weighted by Gasteiger charge is -2.10. The van der Waals surface area contributed by atoms with E-state index in [9.17, 15) is 0 Å². The third-order valence-corrected chi connectivity index (χ3v) is 6.81. The van der Waals surface area contributed by atoms with Gasteiger partial charge in [-0.25, -0.2) is 9.67 Å². The van der Waals surface area contributed by atoms with Crippen LogP contribution in [0.25, 0.3) is 50.8 Å². The van der Waals surface area contributed by atoms with E-state index in [1.807, 2.05) is 79.0 Å². The number of nitrogens with zero attached hydrogens (tertiary/aromatic N) is 6. The monoisotopic (exact) mass is 538 g/mol. The summed E-state index contributed by atoms with van der Waals surface area (Å²) in [6, 6.07) is 32.1. The van der Waals surface area contributed by atoms with Crippen LogP contribution in [-0.4, -0.2) is 36.6 Å². The molecule has 0 N–H and O–H groups in total. The minimum atomic E-state index is 0.744. The first-order chi connectivity index (χ1) is 20.3. The highest BCUT2D eigenvalue weighted by Gasteiger charge is 2.11. The fourth-order valence-electron chi connectivity index (χ4n) is 4.58. The van der Waals surface area contributed by atoms with E-state index in [4.69, 9.17) is 9.72 Å². The second kappa shape index (κ2) is 12.3. The Hall–Kier alpha value is -5.17. The Bertz CT molecular complexity index is 1640. The number of aromatic nitrogens is 6. The number of hydrogen-bond acceptors (Lipinski definition) is 6. The lowest BCUT2D eigenvalue weighted by Crippen LogP contribution is -1.96. The third kappa shape index (κ3) is 6.20. The summed E-state index contributed by atoms with van der Waals surface area (Å²) in [6.45, 7) is 2.93. The topological polar surface area (TPSA) is 78.6 Å². The van der Waals surface area contributed by atoms with Crippen molar-refractivity contribution in [2.45, 2.75) is 26.2 Å². The molecule has 0 aliphatic rings. The van der Waals surface area contributed by atoms with Gasteiger partial charge in [0.2, 0.25) is 0 Å². The predicted molar refractivity (Wildman–Crippen MR) is 162 cm³/mol. The van der Waals surface area contributed by atoms with Crippen LogP contribution in [0.2, 0.25) is 0 Å². The molecule has 7 heteroatoms. The summed E-state index contributed by atoms with van der Waals surface area (Å²) in [7, 11) is 0. The molecular weight excluding hydrogens is 508 g/mol. The van der Waals surface area contributed by atoms with Crippen molar-refractivity contribution in [1.82, 2.24) is 29.9 Å². The van der Waals surface area contributed by atoms with Gasteiger partial charge in [0.05, 0.1) is 41.3 Å². The van der Waals surface area contributed by atoms with Crippen molar-refractivity contribution in [3.05, 3.63) is 116 Å². The van der Waals surface area contributed by atoms with Gasteiger partial charge in [0.15, 0.2) is 0 Å². The molecule has 0 saturated heterocycles. The smallest absolute Gasteiger partial charge is 0.119 e. The van der Waals surface area contributed by atoms with E-state index >= 15 is 0 Å². The van der Waals surface area contributed by atoms with E-state index in [1.165, 1.54) is 12.8 Å². The van der Waals surface area contributed by atoms with Crippen molar-refractivity contribution in [2.75, 3.05) is 6.61 Å². The number of ether oxygens (including phenoxy) is 1. The highest BCUT2D eigenvalue weighted by Crippen LogP contribution is 2.30. The van der Waals surface area contributed by atoms with Gasteiger partial charge in [-0.05, 0) is 90.3 Å². The molecule has 6 rings (SSSR count). The third-order valence-electron chi connectivity index (χ3n) is 6.81. The molecule has 7 nitrogen and oxygen atoms in total. The molecule has 0 fully saturated rings. The van der Waals surface area contributed by atoms with E-state index < -0.39 is 0 Å². The molecule has 0 aliphatic heterocycles. The second-order valence-corrected chi connectivity index (χ2v) is 9.73. The highest BCUT2D eigenvalue weighted by molar-refractivity contribution is 5.75. The summed E-state index contributed by atoms with van der Waals surface area (Å²) >= 11 is 0. The van der Waals surface area contributed by atoms with Crippen LogP contribution in [0.5, 0.6) is 5.75 Å². The minimum Gasteiger partial charge on any atom is -0.494 e. The van der Waals surface area contributed by atoms with Gasteiger partial charge >= 0.3 is 0 Å². The summed E-state index contributed by atoms with van der Waals surface area (Å²) in [5.41, 5.74) is 8.04. The van der Waals surface area contributed by atoms with E-state index in [-0.39, 0.29) is 0 Å². The predicted octanol–water partition coefficient (Wildman–Crippen LogP) is 7.69. The molecule has 0 amide bonds. The second-order valence-electron chi connectivity index (χ2n) is 9.73. The Balaban J connectivity index is 1.23. The molecule has 0 radical (unpaired) electrons. The van der Waals surface area contributed by atoms with Gasteiger partial charge in [-0.2, -0.15) is 0 Å². The Labute approximate surface area is 239 Å². The van der Waals surface area contributed by atoms with Crippen molar-refractivity contribution in [3.63, 3.8) is 0 Å². The van der Waals surface area contributed by atoms with Crippen LogP contribution in [-0.2, 0) is 0 Å². The minimum absolute atomic E-state index is 0.744. The Kier molecular flexibility index (Phi) is 7.85. The molecule has 202 valence electrons. The SMILES string of the molecule is CCCCCOc1ccc(-c2cn(-c3ccc(-c4cc(-c5ccccn5)nc(-c5ccccn5)c4)cc3)nn2)cc1. The summed E-state index contributed by atoms with van der Waals surface area (Å²) in [5.74, 6) is 0.876. The molecule has 2 aromatic carbocycles. The number of unbranched alkanes of at least 4 members (excludes halogenated alkanes) is 2. The number of rotatable bonds is 10.